The number of halogens is 2. The summed E-state index contributed by atoms with van der Waals surface area (Å²) in [4.78, 5) is 21.4. The quantitative estimate of drug-likeness (QED) is 0.804. The number of hydrogen-bond donors (Lipinski definition) is 2. The van der Waals surface area contributed by atoms with Crippen LogP contribution in [0.1, 0.15) is 29.0 Å². The first-order valence-electron chi connectivity index (χ1n) is 4.69. The van der Waals surface area contributed by atoms with Crippen molar-refractivity contribution in [2.45, 2.75) is 17.9 Å². The summed E-state index contributed by atoms with van der Waals surface area (Å²) in [6, 6.07) is 4.59. The molecule has 0 fully saturated rings. The second-order valence-corrected chi connectivity index (χ2v) is 5.26. The number of hydrogen-bond acceptors (Lipinski definition) is 3. The van der Waals surface area contributed by atoms with Crippen molar-refractivity contribution in [1.29, 1.82) is 0 Å². The van der Waals surface area contributed by atoms with Gasteiger partial charge in [-0.2, -0.15) is 0 Å². The van der Waals surface area contributed by atoms with Gasteiger partial charge in [-0.25, -0.2) is 4.79 Å². The number of carboxylic acid groups (broad SMARTS) is 1. The van der Waals surface area contributed by atoms with E-state index in [0.29, 0.717) is 10.0 Å². The van der Waals surface area contributed by atoms with Gasteiger partial charge >= 0.3 is 5.97 Å². The molecule has 0 radical (unpaired) electrons. The van der Waals surface area contributed by atoms with E-state index in [9.17, 15) is 14.7 Å². The highest BCUT2D eigenvalue weighted by atomic mass is 79.9. The molecule has 0 saturated carbocycles. The third kappa shape index (κ3) is 3.37. The number of carbonyl (C=O) groups is 2. The molecule has 6 heteroatoms. The zero-order valence-electron chi connectivity index (χ0n) is 8.85. The minimum absolute atomic E-state index is 0.104. The lowest BCUT2D eigenvalue weighted by atomic mass is 10.0. The summed E-state index contributed by atoms with van der Waals surface area (Å²) in [5, 5.41) is 18.1. The Hall–Kier alpha value is -0.720. The fourth-order valence-corrected chi connectivity index (χ4v) is 2.45. The Labute approximate surface area is 115 Å². The van der Waals surface area contributed by atoms with Crippen molar-refractivity contribution in [3.63, 3.8) is 0 Å². The molecule has 92 valence electrons. The van der Waals surface area contributed by atoms with Crippen molar-refractivity contribution >= 4 is 43.6 Å². The number of aliphatic hydroxyl groups excluding tert-OH is 1. The van der Waals surface area contributed by atoms with Crippen molar-refractivity contribution < 1.29 is 19.8 Å². The van der Waals surface area contributed by atoms with E-state index in [1.54, 1.807) is 6.07 Å². The first-order valence-corrected chi connectivity index (χ1v) is 6.40. The van der Waals surface area contributed by atoms with Crippen molar-refractivity contribution in [2.75, 3.05) is 0 Å². The van der Waals surface area contributed by atoms with Gasteiger partial charge in [0, 0.05) is 4.47 Å². The summed E-state index contributed by atoms with van der Waals surface area (Å²) in [6.45, 7) is 1.42. The molecule has 0 heterocycles. The molecule has 2 atom stereocenters. The number of aliphatic hydroxyl groups is 1. The summed E-state index contributed by atoms with van der Waals surface area (Å²) in [5.41, 5.74) is 0.830. The molecule has 1 aromatic carbocycles. The van der Waals surface area contributed by atoms with Gasteiger partial charge in [0.05, 0.1) is 4.83 Å². The first-order chi connectivity index (χ1) is 7.84. The average Bonchev–Trinajstić information content (AvgIpc) is 2.27. The maximum atomic E-state index is 11.3. The van der Waals surface area contributed by atoms with E-state index in [2.05, 4.69) is 31.9 Å². The topological polar surface area (TPSA) is 74.6 Å². The van der Waals surface area contributed by atoms with Crippen LogP contribution in [0.2, 0.25) is 0 Å². The van der Waals surface area contributed by atoms with Gasteiger partial charge in [0.25, 0.3) is 0 Å². The molecule has 2 unspecified atom stereocenters. The summed E-state index contributed by atoms with van der Waals surface area (Å²) < 4.78 is 0.677. The SMILES string of the molecule is CC(=O)C(Br)c1cc(C(O)C(=O)O)ccc1Br. The van der Waals surface area contributed by atoms with Crippen LogP contribution in [-0.4, -0.2) is 22.0 Å². The number of Topliss-reactive ketones (excluding diaryl/α,β-unsaturated/α-hetero) is 1. The molecule has 0 spiro atoms. The van der Waals surface area contributed by atoms with Crippen LogP contribution < -0.4 is 0 Å². The number of carbonyl (C=O) groups excluding carboxylic acids is 1. The Bertz CT molecular complexity index is 459. The largest absolute Gasteiger partial charge is 0.479 e. The molecule has 0 bridgehead atoms. The zero-order chi connectivity index (χ0) is 13.2. The van der Waals surface area contributed by atoms with E-state index in [1.807, 2.05) is 0 Å². The van der Waals surface area contributed by atoms with Gasteiger partial charge in [0.2, 0.25) is 0 Å². The summed E-state index contributed by atoms with van der Waals surface area (Å²) in [5.74, 6) is -1.43. The molecule has 0 amide bonds. The van der Waals surface area contributed by atoms with Gasteiger partial charge in [-0.3, -0.25) is 4.79 Å². The van der Waals surface area contributed by atoms with Crippen LogP contribution in [0.15, 0.2) is 22.7 Å². The smallest absolute Gasteiger partial charge is 0.337 e. The lowest BCUT2D eigenvalue weighted by Crippen LogP contribution is -2.11. The Morgan fingerprint density at radius 3 is 2.41 bits per heavy atom. The Morgan fingerprint density at radius 1 is 1.35 bits per heavy atom. The molecule has 1 aromatic rings. The lowest BCUT2D eigenvalue weighted by Gasteiger charge is -2.12. The van der Waals surface area contributed by atoms with Crippen LogP contribution in [0.25, 0.3) is 0 Å². The van der Waals surface area contributed by atoms with E-state index < -0.39 is 16.9 Å². The first kappa shape index (κ1) is 14.3. The molecule has 4 nitrogen and oxygen atoms in total. The van der Waals surface area contributed by atoms with Gasteiger partial charge in [-0.1, -0.05) is 37.9 Å². The van der Waals surface area contributed by atoms with E-state index >= 15 is 0 Å². The predicted molar refractivity (Wildman–Crippen MR) is 69.1 cm³/mol. The molecule has 0 saturated heterocycles. The molecular formula is C11H10Br2O4. The third-order valence-electron chi connectivity index (χ3n) is 2.20. The number of alkyl halides is 1. The van der Waals surface area contributed by atoms with E-state index in [1.165, 1.54) is 19.1 Å². The van der Waals surface area contributed by atoms with Gasteiger partial charge < -0.3 is 10.2 Å². The van der Waals surface area contributed by atoms with Gasteiger partial charge in [0.15, 0.2) is 6.10 Å². The lowest BCUT2D eigenvalue weighted by molar-refractivity contribution is -0.146. The van der Waals surface area contributed by atoms with Gasteiger partial charge in [-0.15, -0.1) is 0 Å². The second-order valence-electron chi connectivity index (χ2n) is 3.49. The van der Waals surface area contributed by atoms with E-state index in [0.717, 1.165) is 0 Å². The molecule has 0 aliphatic rings. The van der Waals surface area contributed by atoms with Crippen LogP contribution >= 0.6 is 31.9 Å². The number of ketones is 1. The number of benzene rings is 1. The average molecular weight is 366 g/mol. The highest BCUT2D eigenvalue weighted by molar-refractivity contribution is 9.11. The standard InChI is InChI=1S/C11H10Br2O4/c1-5(14)9(13)7-4-6(2-3-8(7)12)10(15)11(16)17/h2-4,9-10,15H,1H3,(H,16,17). The number of carboxylic acids is 1. The maximum absolute atomic E-state index is 11.3. The normalized spacial score (nSPS) is 14.1. The molecule has 0 aliphatic heterocycles. The molecule has 1 rings (SSSR count). The van der Waals surface area contributed by atoms with Gasteiger partial charge in [-0.05, 0) is 30.2 Å². The minimum Gasteiger partial charge on any atom is -0.479 e. The summed E-state index contributed by atoms with van der Waals surface area (Å²) >= 11 is 6.49. The monoisotopic (exact) mass is 364 g/mol. The predicted octanol–water partition coefficient (Wildman–Crippen LogP) is 2.59. The van der Waals surface area contributed by atoms with E-state index in [-0.39, 0.29) is 11.3 Å². The van der Waals surface area contributed by atoms with Crippen molar-refractivity contribution in [1.82, 2.24) is 0 Å². The maximum Gasteiger partial charge on any atom is 0.337 e. The molecule has 17 heavy (non-hydrogen) atoms. The summed E-state index contributed by atoms with van der Waals surface area (Å²) in [7, 11) is 0. The van der Waals surface area contributed by atoms with Crippen molar-refractivity contribution in [3.05, 3.63) is 33.8 Å². The zero-order valence-corrected chi connectivity index (χ0v) is 12.0. The Morgan fingerprint density at radius 2 is 1.94 bits per heavy atom. The minimum atomic E-state index is -1.59. The number of aliphatic carboxylic acids is 1. The highest BCUT2D eigenvalue weighted by Gasteiger charge is 2.21. The third-order valence-corrected chi connectivity index (χ3v) is 4.06. The fraction of sp³-hybridized carbons (Fsp3) is 0.273. The molecule has 0 aromatic heterocycles. The van der Waals surface area contributed by atoms with Crippen LogP contribution in [0.3, 0.4) is 0 Å². The van der Waals surface area contributed by atoms with Crippen LogP contribution in [0.4, 0.5) is 0 Å². The molecular weight excluding hydrogens is 356 g/mol. The second kappa shape index (κ2) is 5.75. The van der Waals surface area contributed by atoms with Crippen molar-refractivity contribution in [3.8, 4) is 0 Å². The van der Waals surface area contributed by atoms with Crippen LogP contribution in [0, 0.1) is 0 Å². The van der Waals surface area contributed by atoms with Crippen LogP contribution in [-0.2, 0) is 9.59 Å². The molecule has 2 N–H and O–H groups in total. The Kier molecular flexibility index (Phi) is 4.85. The van der Waals surface area contributed by atoms with Crippen LogP contribution in [0.5, 0.6) is 0 Å². The van der Waals surface area contributed by atoms with E-state index in [4.69, 9.17) is 5.11 Å². The van der Waals surface area contributed by atoms with Gasteiger partial charge in [0.1, 0.15) is 5.78 Å². The highest BCUT2D eigenvalue weighted by Crippen LogP contribution is 2.32. The summed E-state index contributed by atoms with van der Waals surface area (Å²) in [6.07, 6.45) is -1.59. The molecule has 0 aliphatic carbocycles. The van der Waals surface area contributed by atoms with Crippen molar-refractivity contribution in [2.24, 2.45) is 0 Å². The number of rotatable bonds is 4. The fourth-order valence-electron chi connectivity index (χ4n) is 1.29. The Balaban J connectivity index is 3.19.